The molecule has 4 aliphatic rings. The summed E-state index contributed by atoms with van der Waals surface area (Å²) in [6.45, 7) is 4.66. The van der Waals surface area contributed by atoms with E-state index in [-0.39, 0.29) is 54.0 Å². The van der Waals surface area contributed by atoms with Gasteiger partial charge in [0.2, 0.25) is 33.7 Å². The highest BCUT2D eigenvalue weighted by Gasteiger charge is 2.40. The zero-order chi connectivity index (χ0) is 44.4. The number of hydrogen-bond donors (Lipinski definition) is 4. The van der Waals surface area contributed by atoms with Crippen LogP contribution < -0.4 is 35.2 Å². The number of likely N-dealkylation sites (tertiary alicyclic amines) is 1. The van der Waals surface area contributed by atoms with E-state index in [0.29, 0.717) is 51.4 Å². The first-order chi connectivity index (χ1) is 30.2. The fraction of sp³-hybridized carbons (Fsp3) is 0.409. The second-order valence-corrected chi connectivity index (χ2v) is 18.9. The Labute approximate surface area is 371 Å². The lowest BCUT2D eigenvalue weighted by Crippen LogP contribution is -2.52. The zero-order valence-corrected chi connectivity index (χ0v) is 37.0. The van der Waals surface area contributed by atoms with Gasteiger partial charge >= 0.3 is 0 Å². The standard InChI is InChI=1S/C44H51ClN10O7S/c1-52(63(3,60)61)36-10-5-4-8-34(36)47-40-32(45)24-46-44(51-40)49-35-12-11-29(23-38(35)62-2)54-21-15-27(16-22-54)25-53-19-17-28(18-20-53)41(57)48-33-9-6-7-30-31(33)26-55(43(30)59)37-13-14-39(56)50-42(37)58/h4-12,23-24,27-28,37H,13-22,25-26H2,1-3H3,(H,48,57)(H,50,56,58)(H2,46,47,49,51). The van der Waals surface area contributed by atoms with Crippen molar-refractivity contribution >= 4 is 85.5 Å². The highest BCUT2D eigenvalue weighted by Crippen LogP contribution is 2.37. The molecule has 19 heteroatoms. The number of hydrogen-bond acceptors (Lipinski definition) is 13. The van der Waals surface area contributed by atoms with Crippen LogP contribution in [0.3, 0.4) is 0 Å². The predicted molar refractivity (Wildman–Crippen MR) is 242 cm³/mol. The van der Waals surface area contributed by atoms with Crippen molar-refractivity contribution in [1.82, 2.24) is 25.1 Å². The molecule has 63 heavy (non-hydrogen) atoms. The minimum absolute atomic E-state index is 0.0549. The van der Waals surface area contributed by atoms with Gasteiger partial charge in [-0.15, -0.1) is 0 Å². The van der Waals surface area contributed by atoms with Gasteiger partial charge in [-0.3, -0.25) is 28.8 Å². The van der Waals surface area contributed by atoms with E-state index in [9.17, 15) is 27.6 Å². The summed E-state index contributed by atoms with van der Waals surface area (Å²) in [6.07, 6.45) is 6.63. The number of piperidine rings is 3. The van der Waals surface area contributed by atoms with Gasteiger partial charge in [-0.05, 0) is 87.5 Å². The van der Waals surface area contributed by atoms with Crippen molar-refractivity contribution in [3.05, 3.63) is 83.0 Å². The van der Waals surface area contributed by atoms with Crippen LogP contribution in [-0.2, 0) is 31.0 Å². The molecule has 0 radical (unpaired) electrons. The molecule has 8 rings (SSSR count). The lowest BCUT2D eigenvalue weighted by molar-refractivity contribution is -0.137. The van der Waals surface area contributed by atoms with E-state index in [4.69, 9.17) is 16.3 Å². The Bertz CT molecular complexity index is 2530. The first kappa shape index (κ1) is 43.7. The van der Waals surface area contributed by atoms with E-state index in [1.54, 1.807) is 49.6 Å². The summed E-state index contributed by atoms with van der Waals surface area (Å²) in [5.74, 6) is 0.467. The van der Waals surface area contributed by atoms with Gasteiger partial charge in [0.25, 0.3) is 5.91 Å². The molecule has 0 bridgehead atoms. The van der Waals surface area contributed by atoms with Gasteiger partial charge in [0.1, 0.15) is 16.8 Å². The highest BCUT2D eigenvalue weighted by molar-refractivity contribution is 7.92. The van der Waals surface area contributed by atoms with Crippen molar-refractivity contribution in [2.24, 2.45) is 11.8 Å². The van der Waals surface area contributed by atoms with Crippen LogP contribution in [0.1, 0.15) is 54.4 Å². The van der Waals surface area contributed by atoms with Crippen molar-refractivity contribution in [3.63, 3.8) is 0 Å². The number of carbonyl (C=O) groups is 4. The van der Waals surface area contributed by atoms with Gasteiger partial charge in [-0.1, -0.05) is 29.8 Å². The fourth-order valence-electron chi connectivity index (χ4n) is 8.83. The molecule has 1 unspecified atom stereocenters. The normalized spacial score (nSPS) is 18.8. The second-order valence-electron chi connectivity index (χ2n) is 16.5. The molecule has 0 saturated carbocycles. The lowest BCUT2D eigenvalue weighted by atomic mass is 9.92. The number of nitrogens with zero attached hydrogens (tertiary/aromatic N) is 6. The Hall–Kier alpha value is -5.98. The van der Waals surface area contributed by atoms with E-state index >= 15 is 0 Å². The summed E-state index contributed by atoms with van der Waals surface area (Å²) in [7, 11) is -0.419. The van der Waals surface area contributed by atoms with Crippen molar-refractivity contribution in [2.75, 3.05) is 78.3 Å². The number of methoxy groups -OCH3 is 1. The molecule has 3 aromatic carbocycles. The van der Waals surface area contributed by atoms with Gasteiger partial charge < -0.3 is 35.4 Å². The Balaban J connectivity index is 0.813. The molecule has 332 valence electrons. The topological polar surface area (TPSA) is 199 Å². The first-order valence-electron chi connectivity index (χ1n) is 21.1. The number of ether oxygens (including phenoxy) is 1. The molecule has 4 amide bonds. The number of amides is 4. The number of aromatic nitrogens is 2. The van der Waals surface area contributed by atoms with E-state index < -0.39 is 22.0 Å². The van der Waals surface area contributed by atoms with Crippen molar-refractivity contribution in [3.8, 4) is 5.75 Å². The molecule has 17 nitrogen and oxygen atoms in total. The van der Waals surface area contributed by atoms with Crippen LogP contribution in [0.25, 0.3) is 0 Å². The molecular weight excluding hydrogens is 848 g/mol. The summed E-state index contributed by atoms with van der Waals surface area (Å²) in [5.41, 5.74) is 4.42. The number of para-hydroxylation sites is 2. The van der Waals surface area contributed by atoms with Crippen LogP contribution in [0, 0.1) is 11.8 Å². The number of nitrogens with one attached hydrogen (secondary N) is 4. The summed E-state index contributed by atoms with van der Waals surface area (Å²) < 4.78 is 31.5. The third kappa shape index (κ3) is 9.67. The van der Waals surface area contributed by atoms with Crippen LogP contribution in [-0.4, -0.2) is 111 Å². The van der Waals surface area contributed by atoms with Crippen molar-refractivity contribution in [2.45, 2.75) is 51.1 Å². The summed E-state index contributed by atoms with van der Waals surface area (Å²) in [6, 6.07) is 17.5. The van der Waals surface area contributed by atoms with Gasteiger partial charge in [0, 0.05) is 74.1 Å². The molecule has 4 N–H and O–H groups in total. The number of imide groups is 1. The Kier molecular flexibility index (Phi) is 12.7. The quantitative estimate of drug-likeness (QED) is 0.126. The maximum atomic E-state index is 13.5. The van der Waals surface area contributed by atoms with E-state index in [1.807, 2.05) is 18.2 Å². The number of halogens is 1. The SMILES string of the molecule is COc1cc(N2CCC(CN3CCC(C(=O)Nc4cccc5c4CN(C4CCC(=O)NC4=O)C5=O)CC3)CC2)ccc1Nc1ncc(Cl)c(Nc2ccccc2N(C)S(C)(=O)=O)n1. The molecular formula is C44H51ClN10O7S. The second kappa shape index (κ2) is 18.4. The minimum Gasteiger partial charge on any atom is -0.494 e. The smallest absolute Gasteiger partial charge is 0.255 e. The number of rotatable bonds is 13. The maximum Gasteiger partial charge on any atom is 0.255 e. The van der Waals surface area contributed by atoms with Crippen LogP contribution >= 0.6 is 11.6 Å². The molecule has 3 saturated heterocycles. The van der Waals surface area contributed by atoms with Crippen LogP contribution in [0.15, 0.2) is 66.9 Å². The molecule has 1 atom stereocenters. The Morgan fingerprint density at radius 1 is 0.937 bits per heavy atom. The lowest BCUT2D eigenvalue weighted by Gasteiger charge is -2.38. The minimum atomic E-state index is -3.51. The average molecular weight is 899 g/mol. The number of anilines is 7. The monoisotopic (exact) mass is 898 g/mol. The van der Waals surface area contributed by atoms with Gasteiger partial charge in [0.15, 0.2) is 5.82 Å². The van der Waals surface area contributed by atoms with Crippen molar-refractivity contribution < 1.29 is 32.3 Å². The molecule has 0 spiro atoms. The average Bonchev–Trinajstić information content (AvgIpc) is 3.61. The zero-order valence-electron chi connectivity index (χ0n) is 35.4. The summed E-state index contributed by atoms with van der Waals surface area (Å²) >= 11 is 6.47. The molecule has 4 aromatic rings. The number of fused-ring (bicyclic) bond motifs is 1. The molecule has 5 heterocycles. The van der Waals surface area contributed by atoms with Crippen LogP contribution in [0.2, 0.25) is 5.02 Å². The number of sulfonamides is 1. The van der Waals surface area contributed by atoms with E-state index in [2.05, 4.69) is 41.0 Å². The Morgan fingerprint density at radius 2 is 1.68 bits per heavy atom. The number of benzene rings is 3. The molecule has 1 aromatic heterocycles. The van der Waals surface area contributed by atoms with Crippen LogP contribution in [0.5, 0.6) is 5.75 Å². The van der Waals surface area contributed by atoms with E-state index in [0.717, 1.165) is 70.4 Å². The van der Waals surface area contributed by atoms with Crippen LogP contribution in [0.4, 0.5) is 40.2 Å². The molecule has 0 aliphatic carbocycles. The Morgan fingerprint density at radius 3 is 2.41 bits per heavy atom. The fourth-order valence-corrected chi connectivity index (χ4v) is 9.48. The van der Waals surface area contributed by atoms with Crippen molar-refractivity contribution in [1.29, 1.82) is 0 Å². The number of carbonyl (C=O) groups excluding carboxylic acids is 4. The largest absolute Gasteiger partial charge is 0.494 e. The predicted octanol–water partition coefficient (Wildman–Crippen LogP) is 5.35. The van der Waals surface area contributed by atoms with Gasteiger partial charge in [-0.2, -0.15) is 4.98 Å². The summed E-state index contributed by atoms with van der Waals surface area (Å²) in [5, 5.41) is 12.1. The third-order valence-corrected chi connectivity index (χ3v) is 13.9. The third-order valence-electron chi connectivity index (χ3n) is 12.5. The first-order valence-corrected chi connectivity index (χ1v) is 23.3. The van der Waals surface area contributed by atoms with E-state index in [1.165, 1.54) is 22.4 Å². The molecule has 3 fully saturated rings. The van der Waals surface area contributed by atoms with Gasteiger partial charge in [0.05, 0.1) is 36.6 Å². The van der Waals surface area contributed by atoms with Gasteiger partial charge in [-0.25, -0.2) is 13.4 Å². The highest BCUT2D eigenvalue weighted by atomic mass is 35.5. The summed E-state index contributed by atoms with van der Waals surface area (Å²) in [4.78, 5) is 66.2. The molecule has 4 aliphatic heterocycles. The maximum absolute atomic E-state index is 13.5.